The summed E-state index contributed by atoms with van der Waals surface area (Å²) in [6.07, 6.45) is 26.8. The number of halogens is 5. The molecular weight excluding hydrogens is 944 g/mol. The van der Waals surface area contributed by atoms with E-state index in [1.807, 2.05) is 6.55 Å². The van der Waals surface area contributed by atoms with Gasteiger partial charge in [-0.05, 0) is 68.2 Å². The Hall–Kier alpha value is -3.73. The van der Waals surface area contributed by atoms with Crippen molar-refractivity contribution in [1.82, 2.24) is 0 Å². The molecule has 0 N–H and O–H groups in total. The van der Waals surface area contributed by atoms with Crippen LogP contribution in [0, 0.1) is 22.7 Å². The number of rotatable bonds is 6. The van der Waals surface area contributed by atoms with E-state index in [0.717, 1.165) is 11.8 Å². The predicted octanol–water partition coefficient (Wildman–Crippen LogP) is 7.05. The second-order valence-corrected chi connectivity index (χ2v) is 27.6. The van der Waals surface area contributed by atoms with E-state index < -0.39 is 18.0 Å². The van der Waals surface area contributed by atoms with Crippen molar-refractivity contribution < 1.29 is 61.3 Å². The Morgan fingerprint density at radius 1 is 0.569 bits per heavy atom. The summed E-state index contributed by atoms with van der Waals surface area (Å²) in [6, 6.07) is 44.3. The van der Waals surface area contributed by atoms with Crippen LogP contribution in [0.4, 0.5) is 13.2 Å². The van der Waals surface area contributed by atoms with Crippen LogP contribution in [0.5, 0.6) is 0 Å². The molecule has 330 valence electrons. The molecule has 6 aromatic rings. The Labute approximate surface area is 409 Å². The molecule has 0 aromatic heterocycles. The summed E-state index contributed by atoms with van der Waals surface area (Å²) < 4.78 is 34.3. The second-order valence-electron chi connectivity index (χ2n) is 19.2. The van der Waals surface area contributed by atoms with E-state index in [9.17, 15) is 13.2 Å². The number of alkyl halides is 3. The van der Waals surface area contributed by atoms with E-state index in [1.165, 1.54) is 163 Å². The fourth-order valence-electron chi connectivity index (χ4n) is 11.8. The first-order valence-corrected chi connectivity index (χ1v) is 28.9. The van der Waals surface area contributed by atoms with Crippen molar-refractivity contribution in [2.24, 2.45) is 22.7 Å². The largest absolute Gasteiger partial charge is 1.00 e. The first-order chi connectivity index (χ1) is 30.5. The summed E-state index contributed by atoms with van der Waals surface area (Å²) in [5, 5.41) is 10.4. The molecule has 0 unspecified atom stereocenters. The monoisotopic (exact) mass is 994 g/mol. The van der Waals surface area contributed by atoms with Crippen LogP contribution in [0.1, 0.15) is 70.6 Å². The second kappa shape index (κ2) is 19.9. The van der Waals surface area contributed by atoms with Crippen LogP contribution < -0.4 is 45.7 Å². The summed E-state index contributed by atoms with van der Waals surface area (Å²) in [5.41, 5.74) is 8.24. The molecule has 6 aliphatic rings. The van der Waals surface area contributed by atoms with Crippen LogP contribution in [0.2, 0.25) is 12.6 Å². The van der Waals surface area contributed by atoms with E-state index in [2.05, 4.69) is 158 Å². The number of fused-ring (bicyclic) bond motifs is 8. The van der Waals surface area contributed by atoms with Gasteiger partial charge < -0.3 is 24.8 Å². The van der Waals surface area contributed by atoms with Crippen LogP contribution in [0.15, 0.2) is 145 Å². The third-order valence-electron chi connectivity index (χ3n) is 14.8. The third kappa shape index (κ3) is 10.4. The van der Waals surface area contributed by atoms with Gasteiger partial charge in [-0.3, -0.25) is 0 Å². The fourth-order valence-corrected chi connectivity index (χ4v) is 13.3. The predicted molar refractivity (Wildman–Crippen MR) is 254 cm³/mol. The minimum atomic E-state index is -3.93. The van der Waals surface area contributed by atoms with Crippen LogP contribution in [-0.4, -0.2) is 11.6 Å². The molecule has 12 rings (SSSR count). The maximum Gasteiger partial charge on any atom is -0.0112 e. The van der Waals surface area contributed by atoms with Gasteiger partial charge in [-0.15, -0.1) is 80.6 Å². The zero-order valence-corrected chi connectivity index (χ0v) is 41.9. The Morgan fingerprint density at radius 2 is 0.954 bits per heavy atom. The van der Waals surface area contributed by atoms with Crippen LogP contribution in [-0.2, 0) is 23.3 Å². The maximum atomic E-state index is 11.4. The zero-order valence-electron chi connectivity index (χ0n) is 36.9. The third-order valence-corrected chi connectivity index (χ3v) is 17.7. The van der Waals surface area contributed by atoms with E-state index in [0.29, 0.717) is 16.9 Å². The molecule has 0 heterocycles. The van der Waals surface area contributed by atoms with Gasteiger partial charge in [0.1, 0.15) is 0 Å². The maximum absolute atomic E-state index is 11.4. The van der Waals surface area contributed by atoms with Crippen molar-refractivity contribution in [3.63, 3.8) is 0 Å². The average Bonchev–Trinajstić information content (AvgIpc) is 4.17. The van der Waals surface area contributed by atoms with Crippen molar-refractivity contribution >= 4 is 51.3 Å². The van der Waals surface area contributed by atoms with Gasteiger partial charge in [0, 0.05) is 0 Å². The minimum Gasteiger partial charge on any atom is -1.00 e. The summed E-state index contributed by atoms with van der Waals surface area (Å²) in [4.78, 5) is 0. The molecule has 6 aromatic carbocycles. The summed E-state index contributed by atoms with van der Waals surface area (Å²) in [6.45, 7) is 1.93. The first-order valence-electron chi connectivity index (χ1n) is 23.0. The molecule has 65 heavy (non-hydrogen) atoms. The van der Waals surface area contributed by atoms with Crippen molar-refractivity contribution in [3.8, 4) is 22.3 Å². The Balaban J connectivity index is 0.000000146. The number of hydrogen-bond acceptors (Lipinski definition) is 0. The quantitative estimate of drug-likeness (QED) is 0.124. The summed E-state index contributed by atoms with van der Waals surface area (Å²) >= 11 is 1.29. The molecule has 0 amide bonds. The van der Waals surface area contributed by atoms with Crippen LogP contribution in [0.25, 0.3) is 68.1 Å². The number of allylic oxidation sites excluding steroid dienone is 4. The fraction of sp³-hybridized carbons (Fsp3) is 0.310. The Morgan fingerprint density at radius 3 is 1.32 bits per heavy atom. The van der Waals surface area contributed by atoms with Crippen LogP contribution >= 0.6 is 0 Å². The molecule has 0 nitrogen and oxygen atoms in total. The molecule has 0 saturated heterocycles. The van der Waals surface area contributed by atoms with E-state index >= 15 is 0 Å². The molecule has 0 radical (unpaired) electrons. The molecule has 4 bridgehead atoms. The number of benzene rings is 6. The van der Waals surface area contributed by atoms with Crippen molar-refractivity contribution in [2.45, 2.75) is 89.4 Å². The van der Waals surface area contributed by atoms with Gasteiger partial charge in [0.05, 0.1) is 0 Å². The molecule has 4 saturated carbocycles. The standard InChI is InChI=1S/2C27H23.C4H7F3Si.2ClH.Zr/c2*1-2-8-23-21(5-1)6-3-9-24(23)25-10-4-7-22-15-20(16-26(22)25)18-27-13-11-19(17-27)12-14-27;1-8-3-2-4(5,6)7;;;/h2*1-10,16,18-19H,11-14,17H2;2-3H2,1H3;2*1H;/q2*-1;;;;+2/p-2. The topological polar surface area (TPSA) is 0 Å². The SMILES string of the molecule is C[Si](=[Zr+2])CCC(F)(F)F.[C-]1=c2cccc(-c3cccc4ccccc34)c2=CC1=CC12CCC(CC1)C2.[C-]1=c2cccc(-c3cccc4ccccc34)c2=CC1=CC12CCC(CC1)C2.[Cl-].[Cl-]. The van der Waals surface area contributed by atoms with Crippen molar-refractivity contribution in [1.29, 1.82) is 0 Å². The molecular formula is C58H53Cl2F3SiZr-2. The van der Waals surface area contributed by atoms with Gasteiger partial charge in [-0.1, -0.05) is 172 Å². The number of hydrogen-bond donors (Lipinski definition) is 0. The van der Waals surface area contributed by atoms with Crippen molar-refractivity contribution in [2.75, 3.05) is 0 Å². The molecule has 0 spiro atoms. The van der Waals surface area contributed by atoms with Gasteiger partial charge in [-0.2, -0.15) is 0 Å². The molecule has 0 aliphatic heterocycles. The van der Waals surface area contributed by atoms with E-state index in [-0.39, 0.29) is 24.8 Å². The zero-order chi connectivity index (χ0) is 43.2. The van der Waals surface area contributed by atoms with Gasteiger partial charge >= 0.3 is 67.1 Å². The van der Waals surface area contributed by atoms with Gasteiger partial charge in [0.15, 0.2) is 0 Å². The minimum absolute atomic E-state index is 0. The van der Waals surface area contributed by atoms with Crippen LogP contribution in [0.3, 0.4) is 0 Å². The van der Waals surface area contributed by atoms with Crippen molar-refractivity contribution in [3.05, 3.63) is 166 Å². The van der Waals surface area contributed by atoms with Gasteiger partial charge in [0.25, 0.3) is 0 Å². The summed E-state index contributed by atoms with van der Waals surface area (Å²) in [5.74, 6) is 1.97. The molecule has 0 atom stereocenters. The van der Waals surface area contributed by atoms with E-state index in [1.54, 1.807) is 0 Å². The molecule has 7 heteroatoms. The van der Waals surface area contributed by atoms with Gasteiger partial charge in [0.2, 0.25) is 0 Å². The molecule has 4 fully saturated rings. The Bertz CT molecular complexity index is 2870. The average molecular weight is 997 g/mol. The summed E-state index contributed by atoms with van der Waals surface area (Å²) in [7, 11) is 0. The normalized spacial score (nSPS) is 24.0. The van der Waals surface area contributed by atoms with E-state index in [4.69, 9.17) is 0 Å². The smallest absolute Gasteiger partial charge is 0.0112 e. The van der Waals surface area contributed by atoms with Gasteiger partial charge in [-0.25, -0.2) is 0 Å². The first kappa shape index (κ1) is 47.8. The Kier molecular flexibility index (Phi) is 14.6. The molecule has 6 aliphatic carbocycles.